The number of hydrogen-bond acceptors (Lipinski definition) is 5. The van der Waals surface area contributed by atoms with Gasteiger partial charge in [0.15, 0.2) is 0 Å². The molecule has 1 aromatic heterocycles. The molecular weight excluding hydrogens is 180 g/mol. The van der Waals surface area contributed by atoms with Crippen LogP contribution in [0.25, 0.3) is 11.0 Å². The maximum Gasteiger partial charge on any atom is 0.146 e. The molecule has 14 heavy (non-hydrogen) atoms. The highest BCUT2D eigenvalue weighted by molar-refractivity contribution is 5.96. The molecule has 0 saturated heterocycles. The molecule has 2 rings (SSSR count). The molecule has 0 atom stereocenters. The SMILES string of the molecule is COc1cc2nccnc2c(N)c1N. The molecule has 0 aliphatic carbocycles. The zero-order chi connectivity index (χ0) is 10.1. The summed E-state index contributed by atoms with van der Waals surface area (Å²) in [7, 11) is 1.54. The van der Waals surface area contributed by atoms with E-state index in [-0.39, 0.29) is 0 Å². The Hall–Kier alpha value is -2.04. The highest BCUT2D eigenvalue weighted by atomic mass is 16.5. The van der Waals surface area contributed by atoms with E-state index in [0.29, 0.717) is 28.2 Å². The van der Waals surface area contributed by atoms with Gasteiger partial charge in [0, 0.05) is 18.5 Å². The molecule has 0 fully saturated rings. The minimum Gasteiger partial charge on any atom is -0.494 e. The van der Waals surface area contributed by atoms with Crippen molar-refractivity contribution in [3.8, 4) is 5.75 Å². The summed E-state index contributed by atoms with van der Waals surface area (Å²) in [4.78, 5) is 8.21. The van der Waals surface area contributed by atoms with Gasteiger partial charge >= 0.3 is 0 Å². The van der Waals surface area contributed by atoms with Crippen molar-refractivity contribution in [2.24, 2.45) is 0 Å². The number of ether oxygens (including phenoxy) is 1. The fraction of sp³-hybridized carbons (Fsp3) is 0.111. The van der Waals surface area contributed by atoms with Gasteiger partial charge in [0.2, 0.25) is 0 Å². The zero-order valence-electron chi connectivity index (χ0n) is 7.69. The Morgan fingerprint density at radius 3 is 2.57 bits per heavy atom. The van der Waals surface area contributed by atoms with Gasteiger partial charge < -0.3 is 16.2 Å². The number of hydrogen-bond donors (Lipinski definition) is 2. The number of fused-ring (bicyclic) bond motifs is 1. The first-order valence-corrected chi connectivity index (χ1v) is 4.06. The molecule has 2 aromatic rings. The van der Waals surface area contributed by atoms with Crippen LogP contribution >= 0.6 is 0 Å². The summed E-state index contributed by atoms with van der Waals surface area (Å²) in [6.45, 7) is 0. The number of nitrogen functional groups attached to an aromatic ring is 2. The van der Waals surface area contributed by atoms with Crippen LogP contribution in [0.3, 0.4) is 0 Å². The minimum absolute atomic E-state index is 0.403. The molecule has 0 saturated carbocycles. The highest BCUT2D eigenvalue weighted by Gasteiger charge is 2.09. The molecule has 1 heterocycles. The topological polar surface area (TPSA) is 87.0 Å². The van der Waals surface area contributed by atoms with Crippen LogP contribution in [0.1, 0.15) is 0 Å². The van der Waals surface area contributed by atoms with E-state index in [9.17, 15) is 0 Å². The smallest absolute Gasteiger partial charge is 0.146 e. The van der Waals surface area contributed by atoms with Crippen LogP contribution in [-0.2, 0) is 0 Å². The molecule has 0 unspecified atom stereocenters. The second kappa shape index (κ2) is 3.02. The fourth-order valence-electron chi connectivity index (χ4n) is 1.29. The van der Waals surface area contributed by atoms with Gasteiger partial charge in [-0.05, 0) is 0 Å². The van der Waals surface area contributed by atoms with Gasteiger partial charge in [0.1, 0.15) is 11.3 Å². The summed E-state index contributed by atoms with van der Waals surface area (Å²) in [6, 6.07) is 1.72. The van der Waals surface area contributed by atoms with Gasteiger partial charge in [-0.15, -0.1) is 0 Å². The predicted molar refractivity (Wildman–Crippen MR) is 54.9 cm³/mol. The zero-order valence-corrected chi connectivity index (χ0v) is 7.69. The van der Waals surface area contributed by atoms with Crippen molar-refractivity contribution in [1.82, 2.24) is 9.97 Å². The van der Waals surface area contributed by atoms with E-state index in [0.717, 1.165) is 0 Å². The first-order chi connectivity index (χ1) is 6.74. The van der Waals surface area contributed by atoms with Gasteiger partial charge in [-0.25, -0.2) is 0 Å². The van der Waals surface area contributed by atoms with E-state index in [1.54, 1.807) is 18.5 Å². The molecule has 0 aliphatic rings. The lowest BCUT2D eigenvalue weighted by atomic mass is 10.2. The number of aromatic nitrogens is 2. The van der Waals surface area contributed by atoms with Crippen molar-refractivity contribution in [2.45, 2.75) is 0 Å². The molecule has 4 N–H and O–H groups in total. The summed E-state index contributed by atoms with van der Waals surface area (Å²) in [5.41, 5.74) is 13.6. The fourth-order valence-corrected chi connectivity index (χ4v) is 1.29. The lowest BCUT2D eigenvalue weighted by molar-refractivity contribution is 0.417. The number of methoxy groups -OCH3 is 1. The second-order valence-corrected chi connectivity index (χ2v) is 2.83. The van der Waals surface area contributed by atoms with E-state index in [1.165, 1.54) is 7.11 Å². The van der Waals surface area contributed by atoms with Crippen molar-refractivity contribution in [3.63, 3.8) is 0 Å². The summed E-state index contributed by atoms with van der Waals surface area (Å²) in [6.07, 6.45) is 3.17. The van der Waals surface area contributed by atoms with E-state index < -0.39 is 0 Å². The van der Waals surface area contributed by atoms with Gasteiger partial charge in [-0.2, -0.15) is 0 Å². The van der Waals surface area contributed by atoms with E-state index >= 15 is 0 Å². The summed E-state index contributed by atoms with van der Waals surface area (Å²) >= 11 is 0. The van der Waals surface area contributed by atoms with Gasteiger partial charge in [-0.3, -0.25) is 9.97 Å². The molecular formula is C9H10N4O. The standard InChI is InChI=1S/C9H10N4O/c1-14-6-4-5-9(8(11)7(6)10)13-3-2-12-5/h2-4H,10-11H2,1H3. The van der Waals surface area contributed by atoms with Gasteiger partial charge in [0.25, 0.3) is 0 Å². The Bertz CT molecular complexity index is 483. The molecule has 0 aliphatic heterocycles. The maximum absolute atomic E-state index is 5.79. The number of nitrogens with two attached hydrogens (primary N) is 2. The van der Waals surface area contributed by atoms with Crippen molar-refractivity contribution in [1.29, 1.82) is 0 Å². The van der Waals surface area contributed by atoms with Crippen LogP contribution < -0.4 is 16.2 Å². The lowest BCUT2D eigenvalue weighted by Crippen LogP contribution is -2.00. The monoisotopic (exact) mass is 190 g/mol. The van der Waals surface area contributed by atoms with Crippen molar-refractivity contribution in [2.75, 3.05) is 18.6 Å². The normalized spacial score (nSPS) is 10.4. The molecule has 0 radical (unpaired) electrons. The summed E-state index contributed by atoms with van der Waals surface area (Å²) in [5.74, 6) is 0.524. The van der Waals surface area contributed by atoms with Gasteiger partial charge in [0.05, 0.1) is 24.0 Å². The molecule has 5 nitrogen and oxygen atoms in total. The third-order valence-corrected chi connectivity index (χ3v) is 2.03. The van der Waals surface area contributed by atoms with Crippen LogP contribution in [-0.4, -0.2) is 17.1 Å². The Balaban J connectivity index is 2.85. The maximum atomic E-state index is 5.79. The van der Waals surface area contributed by atoms with Crippen LogP contribution in [0.2, 0.25) is 0 Å². The number of rotatable bonds is 1. The number of anilines is 2. The Morgan fingerprint density at radius 2 is 1.86 bits per heavy atom. The first-order valence-electron chi connectivity index (χ1n) is 4.06. The van der Waals surface area contributed by atoms with E-state index in [2.05, 4.69) is 9.97 Å². The average molecular weight is 190 g/mol. The highest BCUT2D eigenvalue weighted by Crippen LogP contribution is 2.32. The van der Waals surface area contributed by atoms with Crippen LogP contribution in [0.5, 0.6) is 5.75 Å². The van der Waals surface area contributed by atoms with E-state index in [4.69, 9.17) is 16.2 Å². The van der Waals surface area contributed by atoms with Crippen molar-refractivity contribution >= 4 is 22.4 Å². The first kappa shape index (κ1) is 8.55. The Morgan fingerprint density at radius 1 is 1.14 bits per heavy atom. The largest absolute Gasteiger partial charge is 0.494 e. The Kier molecular flexibility index (Phi) is 1.85. The molecule has 0 amide bonds. The van der Waals surface area contributed by atoms with Gasteiger partial charge in [-0.1, -0.05) is 0 Å². The van der Waals surface area contributed by atoms with Crippen molar-refractivity contribution in [3.05, 3.63) is 18.5 Å². The molecule has 0 bridgehead atoms. The second-order valence-electron chi connectivity index (χ2n) is 2.83. The van der Waals surface area contributed by atoms with E-state index in [1.807, 2.05) is 0 Å². The quantitative estimate of drug-likeness (QED) is 0.649. The molecule has 0 spiro atoms. The number of nitrogens with zero attached hydrogens (tertiary/aromatic N) is 2. The molecule has 1 aromatic carbocycles. The van der Waals surface area contributed by atoms with Crippen LogP contribution in [0.4, 0.5) is 11.4 Å². The van der Waals surface area contributed by atoms with Crippen molar-refractivity contribution < 1.29 is 4.74 Å². The third kappa shape index (κ3) is 1.10. The predicted octanol–water partition coefficient (Wildman–Crippen LogP) is 0.803. The van der Waals surface area contributed by atoms with Crippen LogP contribution in [0.15, 0.2) is 18.5 Å². The summed E-state index contributed by atoms with van der Waals surface area (Å²) < 4.78 is 5.06. The van der Waals surface area contributed by atoms with Crippen LogP contribution in [0, 0.1) is 0 Å². The average Bonchev–Trinajstić information content (AvgIpc) is 2.23. The molecule has 72 valence electrons. The third-order valence-electron chi connectivity index (χ3n) is 2.03. The Labute approximate surface area is 80.7 Å². The molecule has 5 heteroatoms. The summed E-state index contributed by atoms with van der Waals surface area (Å²) in [5, 5.41) is 0. The minimum atomic E-state index is 0.403. The number of benzene rings is 1. The lowest BCUT2D eigenvalue weighted by Gasteiger charge is -2.08.